The number of carbonyl (C=O) groups is 2. The molecule has 2 aromatic carbocycles. The monoisotopic (exact) mass is 325 g/mol. The molecule has 0 saturated carbocycles. The van der Waals surface area contributed by atoms with Crippen molar-refractivity contribution in [2.24, 2.45) is 0 Å². The molecule has 0 aliphatic carbocycles. The van der Waals surface area contributed by atoms with Crippen molar-refractivity contribution in [1.29, 1.82) is 0 Å². The van der Waals surface area contributed by atoms with Gasteiger partial charge in [-0.05, 0) is 23.6 Å². The lowest BCUT2D eigenvalue weighted by molar-refractivity contribution is -0.117. The topological polar surface area (TPSA) is 37.4 Å². The molecule has 118 valence electrons. The summed E-state index contributed by atoms with van der Waals surface area (Å²) in [6, 6.07) is 18.3. The zero-order chi connectivity index (χ0) is 16.2. The average Bonchev–Trinajstić information content (AvgIpc) is 2.88. The van der Waals surface area contributed by atoms with Crippen molar-refractivity contribution in [3.63, 3.8) is 0 Å². The molecule has 1 unspecified atom stereocenters. The lowest BCUT2D eigenvalue weighted by atomic mass is 10.0. The summed E-state index contributed by atoms with van der Waals surface area (Å²) in [6.45, 7) is 2.16. The van der Waals surface area contributed by atoms with Crippen LogP contribution in [0.5, 0.6) is 0 Å². The second-order valence-electron chi connectivity index (χ2n) is 5.73. The van der Waals surface area contributed by atoms with E-state index in [1.807, 2.05) is 41.3 Å². The Bertz CT molecular complexity index is 714. The second kappa shape index (κ2) is 7.01. The Morgan fingerprint density at radius 1 is 1.13 bits per heavy atom. The minimum Gasteiger partial charge on any atom is -0.311 e. The van der Waals surface area contributed by atoms with E-state index < -0.39 is 0 Å². The highest BCUT2D eigenvalue weighted by molar-refractivity contribution is 8.14. The number of benzene rings is 2. The first-order valence-corrected chi connectivity index (χ1v) is 8.61. The molecule has 0 N–H and O–H groups in total. The summed E-state index contributed by atoms with van der Waals surface area (Å²) in [5.41, 5.74) is 3.33. The normalized spacial score (nSPS) is 17.5. The van der Waals surface area contributed by atoms with E-state index in [1.54, 1.807) is 6.92 Å². The third-order valence-electron chi connectivity index (χ3n) is 3.94. The highest BCUT2D eigenvalue weighted by Gasteiger charge is 2.32. The lowest BCUT2D eigenvalue weighted by Crippen LogP contribution is -2.26. The van der Waals surface area contributed by atoms with Crippen LogP contribution in [0.15, 0.2) is 54.6 Å². The van der Waals surface area contributed by atoms with Crippen molar-refractivity contribution in [2.45, 2.75) is 25.0 Å². The van der Waals surface area contributed by atoms with Crippen LogP contribution in [0, 0.1) is 0 Å². The minimum absolute atomic E-state index is 0.0600. The van der Waals surface area contributed by atoms with Crippen LogP contribution in [0.2, 0.25) is 0 Å². The van der Waals surface area contributed by atoms with Gasteiger partial charge in [0.25, 0.3) is 0 Å². The predicted molar refractivity (Wildman–Crippen MR) is 94.7 cm³/mol. The van der Waals surface area contributed by atoms with Gasteiger partial charge in [0.2, 0.25) is 5.91 Å². The van der Waals surface area contributed by atoms with Gasteiger partial charge in [0.05, 0.1) is 0 Å². The summed E-state index contributed by atoms with van der Waals surface area (Å²) in [6.07, 6.45) is 1.23. The largest absolute Gasteiger partial charge is 0.311 e. The highest BCUT2D eigenvalue weighted by Crippen LogP contribution is 2.31. The van der Waals surface area contributed by atoms with Crippen LogP contribution in [0.3, 0.4) is 0 Å². The van der Waals surface area contributed by atoms with Crippen LogP contribution in [-0.4, -0.2) is 22.8 Å². The van der Waals surface area contributed by atoms with Crippen LogP contribution >= 0.6 is 11.8 Å². The maximum Gasteiger partial charge on any atom is 0.228 e. The van der Waals surface area contributed by atoms with Gasteiger partial charge in [0.1, 0.15) is 0 Å². The van der Waals surface area contributed by atoms with E-state index in [0.29, 0.717) is 13.0 Å². The first kappa shape index (κ1) is 15.8. The molecule has 0 radical (unpaired) electrons. The van der Waals surface area contributed by atoms with E-state index >= 15 is 0 Å². The molecule has 1 heterocycles. The van der Waals surface area contributed by atoms with E-state index in [4.69, 9.17) is 0 Å². The number of anilines is 1. The Labute approximate surface area is 140 Å². The molecular formula is C19H19NO2S. The van der Waals surface area contributed by atoms with Crippen LogP contribution in [0.25, 0.3) is 0 Å². The first-order valence-electron chi connectivity index (χ1n) is 7.73. The summed E-state index contributed by atoms with van der Waals surface area (Å²) in [4.78, 5) is 25.5. The number of hydrogen-bond donors (Lipinski definition) is 0. The molecular weight excluding hydrogens is 306 g/mol. The van der Waals surface area contributed by atoms with Gasteiger partial charge >= 0.3 is 0 Å². The smallest absolute Gasteiger partial charge is 0.228 e. The van der Waals surface area contributed by atoms with E-state index in [2.05, 4.69) is 18.2 Å². The van der Waals surface area contributed by atoms with Gasteiger partial charge in [0.15, 0.2) is 5.12 Å². The Kier molecular flexibility index (Phi) is 4.82. The standard InChI is InChI=1S/C19H19NO2S/c1-14(21)23-17-12-19(22)20(13-17)18-10-6-5-9-16(18)11-15-7-3-2-4-8-15/h2-10,17H,11-13H2,1H3. The zero-order valence-corrected chi connectivity index (χ0v) is 13.9. The molecule has 3 rings (SSSR count). The number of thioether (sulfide) groups is 1. The summed E-state index contributed by atoms with van der Waals surface area (Å²) in [5.74, 6) is 0.101. The molecule has 4 heteroatoms. The van der Waals surface area contributed by atoms with Gasteiger partial charge < -0.3 is 4.90 Å². The fourth-order valence-corrected chi connectivity index (χ4v) is 3.88. The molecule has 1 atom stereocenters. The van der Waals surface area contributed by atoms with Crippen molar-refractivity contribution in [3.05, 3.63) is 65.7 Å². The predicted octanol–water partition coefficient (Wildman–Crippen LogP) is 3.66. The number of amides is 1. The number of nitrogens with zero attached hydrogens (tertiary/aromatic N) is 1. The Balaban J connectivity index is 1.83. The molecule has 1 amide bonds. The molecule has 1 aliphatic heterocycles. The Morgan fingerprint density at radius 3 is 2.57 bits per heavy atom. The summed E-state index contributed by atoms with van der Waals surface area (Å²) >= 11 is 1.27. The van der Waals surface area contributed by atoms with E-state index in [-0.39, 0.29) is 16.3 Å². The average molecular weight is 325 g/mol. The molecule has 3 nitrogen and oxygen atoms in total. The van der Waals surface area contributed by atoms with Gasteiger partial charge in [-0.2, -0.15) is 0 Å². The van der Waals surface area contributed by atoms with Crippen molar-refractivity contribution >= 4 is 28.5 Å². The molecule has 1 aliphatic rings. The Hall–Kier alpha value is -2.07. The minimum atomic E-state index is 0.0600. The van der Waals surface area contributed by atoms with Crippen molar-refractivity contribution in [3.8, 4) is 0 Å². The van der Waals surface area contributed by atoms with Gasteiger partial charge in [-0.3, -0.25) is 9.59 Å². The number of hydrogen-bond acceptors (Lipinski definition) is 3. The maximum absolute atomic E-state index is 12.4. The Morgan fingerprint density at radius 2 is 1.83 bits per heavy atom. The van der Waals surface area contributed by atoms with Crippen molar-refractivity contribution in [1.82, 2.24) is 0 Å². The number of rotatable bonds is 4. The molecule has 0 aromatic heterocycles. The highest BCUT2D eigenvalue weighted by atomic mass is 32.2. The fourth-order valence-electron chi connectivity index (χ4n) is 2.96. The van der Waals surface area contributed by atoms with E-state index in [1.165, 1.54) is 17.3 Å². The van der Waals surface area contributed by atoms with Crippen LogP contribution in [0.4, 0.5) is 5.69 Å². The van der Waals surface area contributed by atoms with Gasteiger partial charge in [-0.1, -0.05) is 60.3 Å². The van der Waals surface area contributed by atoms with Gasteiger partial charge in [0, 0.05) is 30.8 Å². The molecule has 0 spiro atoms. The molecule has 0 bridgehead atoms. The summed E-state index contributed by atoms with van der Waals surface area (Å²) in [7, 11) is 0. The van der Waals surface area contributed by atoms with Crippen molar-refractivity contribution < 1.29 is 9.59 Å². The van der Waals surface area contributed by atoms with Crippen molar-refractivity contribution in [2.75, 3.05) is 11.4 Å². The van der Waals surface area contributed by atoms with Crippen LogP contribution < -0.4 is 4.90 Å². The first-order chi connectivity index (χ1) is 11.1. The zero-order valence-electron chi connectivity index (χ0n) is 13.1. The number of para-hydroxylation sites is 1. The third-order valence-corrected chi connectivity index (χ3v) is 4.92. The van der Waals surface area contributed by atoms with Gasteiger partial charge in [-0.25, -0.2) is 0 Å². The van der Waals surface area contributed by atoms with E-state index in [9.17, 15) is 9.59 Å². The summed E-state index contributed by atoms with van der Waals surface area (Å²) in [5, 5.41) is 0.131. The SMILES string of the molecule is CC(=O)SC1CC(=O)N(c2ccccc2Cc2ccccc2)C1. The fraction of sp³-hybridized carbons (Fsp3) is 0.263. The van der Waals surface area contributed by atoms with E-state index in [0.717, 1.165) is 17.7 Å². The molecule has 1 fully saturated rings. The molecule has 23 heavy (non-hydrogen) atoms. The summed E-state index contributed by atoms with van der Waals surface area (Å²) < 4.78 is 0. The molecule has 1 saturated heterocycles. The van der Waals surface area contributed by atoms with Crippen LogP contribution in [0.1, 0.15) is 24.5 Å². The lowest BCUT2D eigenvalue weighted by Gasteiger charge is -2.20. The van der Waals surface area contributed by atoms with Crippen LogP contribution in [-0.2, 0) is 16.0 Å². The number of carbonyl (C=O) groups excluding carboxylic acids is 2. The second-order valence-corrected chi connectivity index (χ2v) is 7.21. The quantitative estimate of drug-likeness (QED) is 0.861. The maximum atomic E-state index is 12.4. The molecule has 2 aromatic rings. The van der Waals surface area contributed by atoms with Gasteiger partial charge in [-0.15, -0.1) is 0 Å². The third kappa shape index (κ3) is 3.82.